The number of nitrogens with one attached hydrogen (secondary N) is 2. The van der Waals surface area contributed by atoms with Crippen LogP contribution >= 0.6 is 0 Å². The predicted molar refractivity (Wildman–Crippen MR) is 70.6 cm³/mol. The van der Waals surface area contributed by atoms with Gasteiger partial charge in [0.15, 0.2) is 0 Å². The van der Waals surface area contributed by atoms with Gasteiger partial charge in [0.1, 0.15) is 0 Å². The van der Waals surface area contributed by atoms with Crippen molar-refractivity contribution >= 4 is 0 Å². The number of morpholine rings is 1. The van der Waals surface area contributed by atoms with Crippen molar-refractivity contribution in [1.29, 1.82) is 0 Å². The minimum absolute atomic E-state index is 0.229. The highest BCUT2D eigenvalue weighted by atomic mass is 16.5. The first kappa shape index (κ1) is 12.4. The van der Waals surface area contributed by atoms with E-state index >= 15 is 0 Å². The van der Waals surface area contributed by atoms with Crippen LogP contribution in [0.3, 0.4) is 0 Å². The van der Waals surface area contributed by atoms with Crippen molar-refractivity contribution in [3.05, 3.63) is 35.2 Å². The predicted octanol–water partition coefficient (Wildman–Crippen LogP) is 1.32. The normalized spacial score (nSPS) is 20.8. The summed E-state index contributed by atoms with van der Waals surface area (Å²) in [7, 11) is 0. The van der Waals surface area contributed by atoms with Crippen LogP contribution in [0.15, 0.2) is 12.5 Å². The molecule has 0 spiro atoms. The van der Waals surface area contributed by atoms with Crippen molar-refractivity contribution in [2.24, 2.45) is 0 Å². The van der Waals surface area contributed by atoms with E-state index in [9.17, 15) is 0 Å². The Morgan fingerprint density at radius 2 is 2.37 bits per heavy atom. The number of aromatic amines is 2. The Morgan fingerprint density at radius 3 is 3.05 bits per heavy atom. The SMILES string of the molecule is Cc1cn[nH]c1C1COCCN1Cc1nc[nH]c1C. The number of H-pyrrole nitrogens is 2. The average molecular weight is 261 g/mol. The fourth-order valence-electron chi connectivity index (χ4n) is 2.53. The standard InChI is InChI=1S/C13H19N5O/c1-9-5-16-17-13(9)12-7-19-4-3-18(12)6-11-10(2)14-8-15-11/h5,8,12H,3-4,6-7H2,1-2H3,(H,14,15)(H,16,17). The van der Waals surface area contributed by atoms with Crippen LogP contribution in [-0.2, 0) is 11.3 Å². The van der Waals surface area contributed by atoms with Gasteiger partial charge in [0.25, 0.3) is 0 Å². The van der Waals surface area contributed by atoms with E-state index in [0.29, 0.717) is 6.61 Å². The average Bonchev–Trinajstić information content (AvgIpc) is 3.00. The van der Waals surface area contributed by atoms with Gasteiger partial charge < -0.3 is 9.72 Å². The van der Waals surface area contributed by atoms with Crippen molar-refractivity contribution < 1.29 is 4.74 Å². The summed E-state index contributed by atoms with van der Waals surface area (Å²) in [6, 6.07) is 0.229. The molecule has 2 N–H and O–H groups in total. The Kier molecular flexibility index (Phi) is 3.35. The minimum Gasteiger partial charge on any atom is -0.378 e. The number of rotatable bonds is 3. The number of aryl methyl sites for hydroxylation is 2. The number of aromatic nitrogens is 4. The summed E-state index contributed by atoms with van der Waals surface area (Å²) < 4.78 is 5.62. The second-order valence-electron chi connectivity index (χ2n) is 5.00. The summed E-state index contributed by atoms with van der Waals surface area (Å²) >= 11 is 0. The van der Waals surface area contributed by atoms with Crippen molar-refractivity contribution in [2.75, 3.05) is 19.8 Å². The van der Waals surface area contributed by atoms with Crippen molar-refractivity contribution in [3.63, 3.8) is 0 Å². The fourth-order valence-corrected chi connectivity index (χ4v) is 2.53. The lowest BCUT2D eigenvalue weighted by Crippen LogP contribution is -2.39. The van der Waals surface area contributed by atoms with Crippen LogP contribution in [0.1, 0.15) is 28.7 Å². The zero-order valence-corrected chi connectivity index (χ0v) is 11.3. The maximum absolute atomic E-state index is 5.62. The molecular weight excluding hydrogens is 242 g/mol. The highest BCUT2D eigenvalue weighted by Crippen LogP contribution is 2.26. The molecule has 0 amide bonds. The van der Waals surface area contributed by atoms with E-state index in [-0.39, 0.29) is 6.04 Å². The Bertz CT molecular complexity index is 547. The van der Waals surface area contributed by atoms with E-state index in [2.05, 4.69) is 38.9 Å². The van der Waals surface area contributed by atoms with Gasteiger partial charge in [0.2, 0.25) is 0 Å². The lowest BCUT2D eigenvalue weighted by atomic mass is 10.1. The third-order valence-electron chi connectivity index (χ3n) is 3.73. The Balaban J connectivity index is 1.82. The summed E-state index contributed by atoms with van der Waals surface area (Å²) in [4.78, 5) is 9.91. The number of ether oxygens (including phenoxy) is 1. The van der Waals surface area contributed by atoms with Gasteiger partial charge in [-0.2, -0.15) is 5.10 Å². The zero-order valence-electron chi connectivity index (χ0n) is 11.3. The first-order chi connectivity index (χ1) is 9.25. The third-order valence-corrected chi connectivity index (χ3v) is 3.73. The quantitative estimate of drug-likeness (QED) is 0.874. The molecule has 1 aliphatic rings. The van der Waals surface area contributed by atoms with Gasteiger partial charge >= 0.3 is 0 Å². The van der Waals surface area contributed by atoms with Crippen LogP contribution in [0.4, 0.5) is 0 Å². The molecule has 2 aromatic rings. The molecule has 2 aromatic heterocycles. The first-order valence-electron chi connectivity index (χ1n) is 6.56. The monoisotopic (exact) mass is 261 g/mol. The molecule has 0 saturated carbocycles. The summed E-state index contributed by atoms with van der Waals surface area (Å²) in [6.45, 7) is 7.35. The second-order valence-corrected chi connectivity index (χ2v) is 5.00. The molecule has 3 rings (SSSR count). The van der Waals surface area contributed by atoms with E-state index in [4.69, 9.17) is 4.74 Å². The van der Waals surface area contributed by atoms with Gasteiger partial charge in [-0.05, 0) is 19.4 Å². The molecule has 102 valence electrons. The Hall–Kier alpha value is -1.66. The van der Waals surface area contributed by atoms with Crippen molar-refractivity contribution in [2.45, 2.75) is 26.4 Å². The van der Waals surface area contributed by atoms with E-state index in [1.807, 2.05) is 6.20 Å². The van der Waals surface area contributed by atoms with Gasteiger partial charge in [0.05, 0.1) is 43.2 Å². The van der Waals surface area contributed by atoms with Gasteiger partial charge in [-0.25, -0.2) is 4.98 Å². The van der Waals surface area contributed by atoms with Crippen LogP contribution < -0.4 is 0 Å². The molecule has 19 heavy (non-hydrogen) atoms. The maximum atomic E-state index is 5.62. The van der Waals surface area contributed by atoms with E-state index in [0.717, 1.165) is 36.8 Å². The largest absolute Gasteiger partial charge is 0.378 e. The molecule has 6 heteroatoms. The lowest BCUT2D eigenvalue weighted by Gasteiger charge is -2.34. The molecule has 0 radical (unpaired) electrons. The molecule has 1 unspecified atom stereocenters. The fraction of sp³-hybridized carbons (Fsp3) is 0.538. The van der Waals surface area contributed by atoms with Gasteiger partial charge in [-0.1, -0.05) is 0 Å². The van der Waals surface area contributed by atoms with E-state index in [1.54, 1.807) is 6.33 Å². The van der Waals surface area contributed by atoms with Crippen LogP contribution in [0.25, 0.3) is 0 Å². The summed E-state index contributed by atoms with van der Waals surface area (Å²) in [5.41, 5.74) is 4.56. The summed E-state index contributed by atoms with van der Waals surface area (Å²) in [6.07, 6.45) is 3.61. The molecule has 1 atom stereocenters. The number of imidazole rings is 1. The van der Waals surface area contributed by atoms with Crippen molar-refractivity contribution in [3.8, 4) is 0 Å². The number of hydrogen-bond acceptors (Lipinski definition) is 4. The van der Waals surface area contributed by atoms with Gasteiger partial charge in [0, 0.05) is 18.8 Å². The molecule has 1 aliphatic heterocycles. The minimum atomic E-state index is 0.229. The van der Waals surface area contributed by atoms with E-state index in [1.165, 1.54) is 5.56 Å². The van der Waals surface area contributed by atoms with Crippen LogP contribution in [-0.4, -0.2) is 44.8 Å². The molecule has 0 aromatic carbocycles. The van der Waals surface area contributed by atoms with Gasteiger partial charge in [-0.15, -0.1) is 0 Å². The number of hydrogen-bond donors (Lipinski definition) is 2. The van der Waals surface area contributed by atoms with Crippen LogP contribution in [0, 0.1) is 13.8 Å². The molecule has 0 bridgehead atoms. The summed E-state index contributed by atoms with van der Waals surface area (Å²) in [5, 5.41) is 7.22. The zero-order chi connectivity index (χ0) is 13.2. The molecule has 6 nitrogen and oxygen atoms in total. The molecule has 3 heterocycles. The van der Waals surface area contributed by atoms with Crippen LogP contribution in [0.5, 0.6) is 0 Å². The molecule has 0 aliphatic carbocycles. The van der Waals surface area contributed by atoms with E-state index < -0.39 is 0 Å². The topological polar surface area (TPSA) is 69.8 Å². The smallest absolute Gasteiger partial charge is 0.0925 e. The first-order valence-corrected chi connectivity index (χ1v) is 6.56. The second kappa shape index (κ2) is 5.14. The highest BCUT2D eigenvalue weighted by molar-refractivity contribution is 5.19. The molecule has 1 fully saturated rings. The highest BCUT2D eigenvalue weighted by Gasteiger charge is 2.27. The molecular formula is C13H19N5O. The van der Waals surface area contributed by atoms with Crippen LogP contribution in [0.2, 0.25) is 0 Å². The van der Waals surface area contributed by atoms with Gasteiger partial charge in [-0.3, -0.25) is 10.00 Å². The van der Waals surface area contributed by atoms with Crippen molar-refractivity contribution in [1.82, 2.24) is 25.1 Å². The maximum Gasteiger partial charge on any atom is 0.0925 e. The third kappa shape index (κ3) is 2.41. The number of nitrogens with zero attached hydrogens (tertiary/aromatic N) is 3. The summed E-state index contributed by atoms with van der Waals surface area (Å²) in [5.74, 6) is 0. The Labute approximate surface area is 112 Å². The molecule has 1 saturated heterocycles. The Morgan fingerprint density at radius 1 is 1.47 bits per heavy atom. The lowest BCUT2D eigenvalue weighted by molar-refractivity contribution is -0.0150.